The Hall–Kier alpha value is -2.37. The topological polar surface area (TPSA) is 51.2 Å². The summed E-state index contributed by atoms with van der Waals surface area (Å²) in [4.78, 5) is 16.9. The van der Waals surface area contributed by atoms with Crippen molar-refractivity contribution in [2.24, 2.45) is 0 Å². The number of aryl methyl sites for hydroxylation is 1. The standard InChI is InChI=1S/C19H17ClN2O2S/c1-12-6-7-17(24-2)16(8-12)22-18(23)10-15-11-25-19(21-15)13-4-3-5-14(20)9-13/h3-9,11H,10H2,1-2H3,(H,22,23). The molecule has 0 spiro atoms. The summed E-state index contributed by atoms with van der Waals surface area (Å²) in [6.07, 6.45) is 0.203. The second-order valence-electron chi connectivity index (χ2n) is 5.58. The smallest absolute Gasteiger partial charge is 0.230 e. The molecule has 0 aliphatic heterocycles. The van der Waals surface area contributed by atoms with Gasteiger partial charge in [-0.25, -0.2) is 4.98 Å². The lowest BCUT2D eigenvalue weighted by Crippen LogP contribution is -2.15. The van der Waals surface area contributed by atoms with Gasteiger partial charge in [-0.1, -0.05) is 29.8 Å². The number of aromatic nitrogens is 1. The van der Waals surface area contributed by atoms with Crippen molar-refractivity contribution >= 4 is 34.5 Å². The summed E-state index contributed by atoms with van der Waals surface area (Å²) in [6, 6.07) is 13.2. The van der Waals surface area contributed by atoms with Crippen LogP contribution in [0.3, 0.4) is 0 Å². The number of anilines is 1. The summed E-state index contributed by atoms with van der Waals surface area (Å²) in [5.74, 6) is 0.503. The van der Waals surface area contributed by atoms with Crippen molar-refractivity contribution in [1.82, 2.24) is 4.98 Å². The predicted molar refractivity (Wildman–Crippen MR) is 103 cm³/mol. The van der Waals surface area contributed by atoms with Crippen molar-refractivity contribution < 1.29 is 9.53 Å². The highest BCUT2D eigenvalue weighted by molar-refractivity contribution is 7.13. The first kappa shape index (κ1) is 17.5. The van der Waals surface area contributed by atoms with Crippen LogP contribution in [0.1, 0.15) is 11.3 Å². The van der Waals surface area contributed by atoms with E-state index in [1.54, 1.807) is 7.11 Å². The minimum atomic E-state index is -0.133. The number of benzene rings is 2. The van der Waals surface area contributed by atoms with Crippen LogP contribution in [0.15, 0.2) is 47.8 Å². The molecule has 25 heavy (non-hydrogen) atoms. The minimum absolute atomic E-state index is 0.133. The number of nitrogens with one attached hydrogen (secondary N) is 1. The third-order valence-corrected chi connectivity index (χ3v) is 4.77. The predicted octanol–water partition coefficient (Wildman–Crippen LogP) is 4.96. The summed E-state index contributed by atoms with van der Waals surface area (Å²) in [7, 11) is 1.58. The van der Waals surface area contributed by atoms with Crippen LogP contribution in [-0.4, -0.2) is 18.0 Å². The monoisotopic (exact) mass is 372 g/mol. The van der Waals surface area contributed by atoms with E-state index in [1.165, 1.54) is 11.3 Å². The van der Waals surface area contributed by atoms with Gasteiger partial charge >= 0.3 is 0 Å². The quantitative estimate of drug-likeness (QED) is 0.688. The number of ether oxygens (including phenoxy) is 1. The molecular weight excluding hydrogens is 356 g/mol. The van der Waals surface area contributed by atoms with Gasteiger partial charge in [0.15, 0.2) is 0 Å². The summed E-state index contributed by atoms with van der Waals surface area (Å²) < 4.78 is 5.28. The van der Waals surface area contributed by atoms with E-state index in [2.05, 4.69) is 10.3 Å². The van der Waals surface area contributed by atoms with Crippen molar-refractivity contribution in [2.45, 2.75) is 13.3 Å². The first-order valence-electron chi connectivity index (χ1n) is 7.70. The fraction of sp³-hybridized carbons (Fsp3) is 0.158. The maximum Gasteiger partial charge on any atom is 0.230 e. The lowest BCUT2D eigenvalue weighted by Gasteiger charge is -2.10. The lowest BCUT2D eigenvalue weighted by atomic mass is 10.2. The molecule has 0 saturated carbocycles. The molecule has 1 amide bonds. The molecule has 0 atom stereocenters. The fourth-order valence-corrected chi connectivity index (χ4v) is 3.43. The number of methoxy groups -OCH3 is 1. The van der Waals surface area contributed by atoms with Crippen molar-refractivity contribution in [3.05, 3.63) is 64.1 Å². The Labute approximate surface area is 155 Å². The fourth-order valence-electron chi connectivity index (χ4n) is 2.42. The number of halogens is 1. The molecule has 3 aromatic rings. The molecule has 1 aromatic heterocycles. The summed E-state index contributed by atoms with van der Waals surface area (Å²) >= 11 is 7.51. The number of carbonyl (C=O) groups excluding carboxylic acids is 1. The van der Waals surface area contributed by atoms with Crippen LogP contribution in [0.2, 0.25) is 5.02 Å². The highest BCUT2D eigenvalue weighted by atomic mass is 35.5. The number of carbonyl (C=O) groups is 1. The van der Waals surface area contributed by atoms with E-state index in [0.717, 1.165) is 21.8 Å². The highest BCUT2D eigenvalue weighted by Gasteiger charge is 2.12. The van der Waals surface area contributed by atoms with Gasteiger partial charge in [-0.15, -0.1) is 11.3 Å². The van der Waals surface area contributed by atoms with Crippen LogP contribution in [0.25, 0.3) is 10.6 Å². The third-order valence-electron chi connectivity index (χ3n) is 3.59. The van der Waals surface area contributed by atoms with Crippen molar-refractivity contribution in [2.75, 3.05) is 12.4 Å². The summed E-state index contributed by atoms with van der Waals surface area (Å²) in [5, 5.41) is 6.29. The van der Waals surface area contributed by atoms with Crippen molar-refractivity contribution in [3.63, 3.8) is 0 Å². The highest BCUT2D eigenvalue weighted by Crippen LogP contribution is 2.27. The second kappa shape index (κ2) is 7.68. The Morgan fingerprint density at radius 2 is 2.12 bits per heavy atom. The maximum atomic E-state index is 12.3. The van der Waals surface area contributed by atoms with Crippen LogP contribution < -0.4 is 10.1 Å². The Bertz CT molecular complexity index is 908. The number of nitrogens with zero attached hydrogens (tertiary/aromatic N) is 1. The van der Waals surface area contributed by atoms with Crippen LogP contribution >= 0.6 is 22.9 Å². The van der Waals surface area contributed by atoms with Gasteiger partial charge in [-0.05, 0) is 36.8 Å². The number of thiazole rings is 1. The molecule has 128 valence electrons. The van der Waals surface area contributed by atoms with Crippen LogP contribution in [0.4, 0.5) is 5.69 Å². The molecule has 0 saturated heterocycles. The molecular formula is C19H17ClN2O2S. The van der Waals surface area contributed by atoms with E-state index >= 15 is 0 Å². The minimum Gasteiger partial charge on any atom is -0.495 e. The van der Waals surface area contributed by atoms with E-state index in [1.807, 2.05) is 54.8 Å². The van der Waals surface area contributed by atoms with E-state index in [-0.39, 0.29) is 12.3 Å². The Morgan fingerprint density at radius 1 is 1.28 bits per heavy atom. The first-order chi connectivity index (χ1) is 12.0. The molecule has 6 heteroatoms. The molecule has 0 aliphatic rings. The number of amides is 1. The van der Waals surface area contributed by atoms with Gasteiger partial charge in [-0.3, -0.25) is 4.79 Å². The molecule has 0 unspecified atom stereocenters. The normalized spacial score (nSPS) is 10.5. The number of hydrogen-bond acceptors (Lipinski definition) is 4. The van der Waals surface area contributed by atoms with Crippen molar-refractivity contribution in [1.29, 1.82) is 0 Å². The van der Waals surface area contributed by atoms with Gasteiger partial charge in [0, 0.05) is 16.0 Å². The summed E-state index contributed by atoms with van der Waals surface area (Å²) in [5.41, 5.74) is 3.39. The number of hydrogen-bond donors (Lipinski definition) is 1. The van der Waals surface area contributed by atoms with E-state index in [4.69, 9.17) is 16.3 Å². The van der Waals surface area contributed by atoms with Gasteiger partial charge in [0.25, 0.3) is 0 Å². The molecule has 0 bridgehead atoms. The Kier molecular flexibility index (Phi) is 5.36. The molecule has 2 aromatic carbocycles. The van der Waals surface area contributed by atoms with Crippen LogP contribution in [-0.2, 0) is 11.2 Å². The van der Waals surface area contributed by atoms with Crippen LogP contribution in [0, 0.1) is 6.92 Å². The second-order valence-corrected chi connectivity index (χ2v) is 6.88. The Morgan fingerprint density at radius 3 is 2.88 bits per heavy atom. The molecule has 0 fully saturated rings. The molecule has 0 aliphatic carbocycles. The average Bonchev–Trinajstić information content (AvgIpc) is 3.03. The molecule has 1 N–H and O–H groups in total. The van der Waals surface area contributed by atoms with Gasteiger partial charge in [-0.2, -0.15) is 0 Å². The molecule has 0 radical (unpaired) electrons. The molecule has 4 nitrogen and oxygen atoms in total. The van der Waals surface area contributed by atoms with Gasteiger partial charge in [0.2, 0.25) is 5.91 Å². The average molecular weight is 373 g/mol. The summed E-state index contributed by atoms with van der Waals surface area (Å²) in [6.45, 7) is 1.97. The lowest BCUT2D eigenvalue weighted by molar-refractivity contribution is -0.115. The van der Waals surface area contributed by atoms with Gasteiger partial charge in [0.05, 0.1) is 24.9 Å². The zero-order valence-corrected chi connectivity index (χ0v) is 15.4. The first-order valence-corrected chi connectivity index (χ1v) is 8.96. The maximum absolute atomic E-state index is 12.3. The van der Waals surface area contributed by atoms with E-state index < -0.39 is 0 Å². The SMILES string of the molecule is COc1ccc(C)cc1NC(=O)Cc1csc(-c2cccc(Cl)c2)n1. The van der Waals surface area contributed by atoms with Crippen molar-refractivity contribution in [3.8, 4) is 16.3 Å². The zero-order chi connectivity index (χ0) is 17.8. The number of rotatable bonds is 5. The van der Waals surface area contributed by atoms with Gasteiger partial charge < -0.3 is 10.1 Å². The van der Waals surface area contributed by atoms with E-state index in [0.29, 0.717) is 16.5 Å². The molecule has 3 rings (SSSR count). The molecule has 1 heterocycles. The van der Waals surface area contributed by atoms with E-state index in [9.17, 15) is 4.79 Å². The van der Waals surface area contributed by atoms with Gasteiger partial charge in [0.1, 0.15) is 10.8 Å². The van der Waals surface area contributed by atoms with Crippen LogP contribution in [0.5, 0.6) is 5.75 Å². The third kappa shape index (κ3) is 4.38. The zero-order valence-electron chi connectivity index (χ0n) is 13.9. The largest absolute Gasteiger partial charge is 0.495 e. The Balaban J connectivity index is 1.71.